The number of halogens is 1. The third-order valence-corrected chi connectivity index (χ3v) is 4.09. The number of hydrogen-bond acceptors (Lipinski definition) is 2. The summed E-state index contributed by atoms with van der Waals surface area (Å²) in [7, 11) is 0. The van der Waals surface area contributed by atoms with Crippen molar-refractivity contribution in [2.24, 2.45) is 17.8 Å². The van der Waals surface area contributed by atoms with Gasteiger partial charge in [-0.25, -0.2) is 4.98 Å². The molecule has 2 aromatic heterocycles. The van der Waals surface area contributed by atoms with Crippen molar-refractivity contribution in [1.29, 1.82) is 0 Å². The Bertz CT molecular complexity index is 552. The van der Waals surface area contributed by atoms with Crippen molar-refractivity contribution in [3.8, 4) is 0 Å². The van der Waals surface area contributed by atoms with Gasteiger partial charge in [0, 0.05) is 18.9 Å². The summed E-state index contributed by atoms with van der Waals surface area (Å²) in [5.41, 5.74) is 1.99. The van der Waals surface area contributed by atoms with E-state index in [4.69, 9.17) is 11.6 Å². The first-order valence-electron chi connectivity index (χ1n) is 7.31. The van der Waals surface area contributed by atoms with Crippen LogP contribution in [0.15, 0.2) is 24.5 Å². The van der Waals surface area contributed by atoms with Crippen LogP contribution in [0.25, 0.3) is 5.65 Å². The fourth-order valence-corrected chi connectivity index (χ4v) is 2.88. The molecule has 0 atom stereocenters. The van der Waals surface area contributed by atoms with Crippen LogP contribution in [0.4, 0.5) is 0 Å². The van der Waals surface area contributed by atoms with Gasteiger partial charge in [0.25, 0.3) is 0 Å². The number of nitrogens with one attached hydrogen (secondary N) is 1. The average Bonchev–Trinajstić information content (AvgIpc) is 2.75. The zero-order chi connectivity index (χ0) is 14.7. The Labute approximate surface area is 126 Å². The minimum absolute atomic E-state index is 0.696. The topological polar surface area (TPSA) is 29.3 Å². The Morgan fingerprint density at radius 1 is 1.15 bits per heavy atom. The van der Waals surface area contributed by atoms with Gasteiger partial charge in [-0.15, -0.1) is 0 Å². The zero-order valence-corrected chi connectivity index (χ0v) is 13.5. The van der Waals surface area contributed by atoms with Gasteiger partial charge in [0.1, 0.15) is 5.65 Å². The number of aromatic nitrogens is 2. The van der Waals surface area contributed by atoms with Crippen molar-refractivity contribution in [3.05, 3.63) is 35.2 Å². The van der Waals surface area contributed by atoms with Gasteiger partial charge in [-0.05, 0) is 36.4 Å². The lowest BCUT2D eigenvalue weighted by Crippen LogP contribution is -2.29. The highest BCUT2D eigenvalue weighted by Crippen LogP contribution is 2.19. The molecule has 0 unspecified atom stereocenters. The summed E-state index contributed by atoms with van der Waals surface area (Å²) in [6, 6.07) is 3.81. The van der Waals surface area contributed by atoms with E-state index in [2.05, 4.69) is 38.0 Å². The third kappa shape index (κ3) is 3.74. The quantitative estimate of drug-likeness (QED) is 0.872. The summed E-state index contributed by atoms with van der Waals surface area (Å²) in [6.45, 7) is 11.0. The summed E-state index contributed by atoms with van der Waals surface area (Å²) >= 11 is 5.98. The molecule has 0 spiro atoms. The van der Waals surface area contributed by atoms with Crippen molar-refractivity contribution in [2.45, 2.75) is 34.2 Å². The van der Waals surface area contributed by atoms with E-state index < -0.39 is 0 Å². The van der Waals surface area contributed by atoms with Crippen LogP contribution in [-0.2, 0) is 6.54 Å². The minimum Gasteiger partial charge on any atom is -0.311 e. The molecule has 0 aliphatic rings. The second kappa shape index (κ2) is 6.59. The van der Waals surface area contributed by atoms with E-state index in [-0.39, 0.29) is 0 Å². The van der Waals surface area contributed by atoms with Gasteiger partial charge in [-0.3, -0.25) is 0 Å². The van der Waals surface area contributed by atoms with Gasteiger partial charge in [-0.1, -0.05) is 39.3 Å². The molecule has 0 fully saturated rings. The first-order valence-corrected chi connectivity index (χ1v) is 7.69. The molecular formula is C16H24ClN3. The van der Waals surface area contributed by atoms with Crippen molar-refractivity contribution >= 4 is 17.2 Å². The minimum atomic E-state index is 0.696. The highest BCUT2D eigenvalue weighted by molar-refractivity contribution is 6.30. The summed E-state index contributed by atoms with van der Waals surface area (Å²) in [4.78, 5) is 4.58. The Morgan fingerprint density at radius 2 is 1.85 bits per heavy atom. The highest BCUT2D eigenvalue weighted by Gasteiger charge is 2.16. The lowest BCUT2D eigenvalue weighted by Gasteiger charge is -2.24. The van der Waals surface area contributed by atoms with Crippen molar-refractivity contribution in [3.63, 3.8) is 0 Å². The Balaban J connectivity index is 1.95. The zero-order valence-electron chi connectivity index (χ0n) is 12.7. The normalized spacial score (nSPS) is 12.2. The molecule has 2 heterocycles. The molecule has 3 nitrogen and oxygen atoms in total. The third-order valence-electron chi connectivity index (χ3n) is 3.86. The van der Waals surface area contributed by atoms with E-state index in [0.717, 1.165) is 29.5 Å². The maximum Gasteiger partial charge on any atom is 0.137 e. The first kappa shape index (κ1) is 15.3. The molecule has 0 amide bonds. The molecule has 0 aliphatic carbocycles. The monoisotopic (exact) mass is 293 g/mol. The van der Waals surface area contributed by atoms with Crippen LogP contribution in [-0.4, -0.2) is 15.9 Å². The number of hydrogen-bond donors (Lipinski definition) is 1. The maximum absolute atomic E-state index is 5.98. The average molecular weight is 294 g/mol. The fourth-order valence-electron chi connectivity index (χ4n) is 2.71. The van der Waals surface area contributed by atoms with Crippen LogP contribution in [0.2, 0.25) is 5.02 Å². The van der Waals surface area contributed by atoms with Crippen molar-refractivity contribution in [1.82, 2.24) is 14.7 Å². The lowest BCUT2D eigenvalue weighted by molar-refractivity contribution is 0.275. The van der Waals surface area contributed by atoms with Gasteiger partial charge in [-0.2, -0.15) is 0 Å². The maximum atomic E-state index is 5.98. The fraction of sp³-hybridized carbons (Fsp3) is 0.562. The van der Waals surface area contributed by atoms with Crippen molar-refractivity contribution < 1.29 is 0 Å². The van der Waals surface area contributed by atoms with Crippen LogP contribution in [0, 0.1) is 17.8 Å². The summed E-state index contributed by atoms with van der Waals surface area (Å²) in [6.07, 6.45) is 3.92. The number of pyridine rings is 1. The molecule has 0 radical (unpaired) electrons. The Hall–Kier alpha value is -1.06. The summed E-state index contributed by atoms with van der Waals surface area (Å²) < 4.78 is 1.97. The van der Waals surface area contributed by atoms with Crippen LogP contribution in [0.3, 0.4) is 0 Å². The van der Waals surface area contributed by atoms with E-state index in [0.29, 0.717) is 17.8 Å². The van der Waals surface area contributed by atoms with Gasteiger partial charge >= 0.3 is 0 Å². The van der Waals surface area contributed by atoms with E-state index >= 15 is 0 Å². The molecule has 0 aromatic carbocycles. The van der Waals surface area contributed by atoms with E-state index in [1.165, 1.54) is 0 Å². The van der Waals surface area contributed by atoms with Gasteiger partial charge in [0.2, 0.25) is 0 Å². The molecular weight excluding hydrogens is 270 g/mol. The Kier molecular flexibility index (Phi) is 5.06. The molecule has 0 aliphatic heterocycles. The van der Waals surface area contributed by atoms with Crippen LogP contribution >= 0.6 is 11.6 Å². The summed E-state index contributed by atoms with van der Waals surface area (Å²) in [5.74, 6) is 2.09. The number of imidazole rings is 1. The molecule has 110 valence electrons. The van der Waals surface area contributed by atoms with Gasteiger partial charge < -0.3 is 9.72 Å². The first-order chi connectivity index (χ1) is 9.47. The van der Waals surface area contributed by atoms with E-state index in [1.54, 1.807) is 0 Å². The number of nitrogens with zero attached hydrogens (tertiary/aromatic N) is 2. The molecule has 20 heavy (non-hydrogen) atoms. The van der Waals surface area contributed by atoms with Crippen LogP contribution < -0.4 is 5.32 Å². The number of rotatable bonds is 6. The van der Waals surface area contributed by atoms with Crippen LogP contribution in [0.1, 0.15) is 33.4 Å². The lowest BCUT2D eigenvalue weighted by atomic mass is 9.85. The molecule has 0 saturated carbocycles. The SMILES string of the molecule is CC(C)C(CNCc1cn2cc(Cl)ccc2n1)C(C)C. The standard InChI is InChI=1S/C16H24ClN3/c1-11(2)15(12(3)4)8-18-7-14-10-20-9-13(17)5-6-16(20)19-14/h5-6,9-12,15,18H,7-8H2,1-4H3. The van der Waals surface area contributed by atoms with Gasteiger partial charge in [0.15, 0.2) is 0 Å². The van der Waals surface area contributed by atoms with E-state index in [9.17, 15) is 0 Å². The highest BCUT2D eigenvalue weighted by atomic mass is 35.5. The van der Waals surface area contributed by atoms with Crippen molar-refractivity contribution in [2.75, 3.05) is 6.54 Å². The predicted octanol–water partition coefficient (Wildman–Crippen LogP) is 4.01. The smallest absolute Gasteiger partial charge is 0.137 e. The van der Waals surface area contributed by atoms with E-state index in [1.807, 2.05) is 28.9 Å². The molecule has 4 heteroatoms. The van der Waals surface area contributed by atoms with Crippen LogP contribution in [0.5, 0.6) is 0 Å². The molecule has 2 rings (SSSR count). The molecule has 0 bridgehead atoms. The Morgan fingerprint density at radius 3 is 2.50 bits per heavy atom. The number of fused-ring (bicyclic) bond motifs is 1. The second-order valence-corrected chi connectivity index (χ2v) is 6.56. The largest absolute Gasteiger partial charge is 0.311 e. The van der Waals surface area contributed by atoms with Gasteiger partial charge in [0.05, 0.1) is 10.7 Å². The molecule has 0 saturated heterocycles. The second-order valence-electron chi connectivity index (χ2n) is 6.13. The molecule has 2 aromatic rings. The summed E-state index contributed by atoms with van der Waals surface area (Å²) in [5, 5.41) is 4.26. The molecule has 1 N–H and O–H groups in total. The predicted molar refractivity (Wildman–Crippen MR) is 85.1 cm³/mol.